The summed E-state index contributed by atoms with van der Waals surface area (Å²) in [6.45, 7) is 4.77. The molecule has 1 aliphatic heterocycles. The molecule has 0 unspecified atom stereocenters. The van der Waals surface area contributed by atoms with Gasteiger partial charge >= 0.3 is 0 Å². The summed E-state index contributed by atoms with van der Waals surface area (Å²) in [5, 5.41) is 1.90. The van der Waals surface area contributed by atoms with Crippen molar-refractivity contribution in [1.29, 1.82) is 0 Å². The third-order valence-corrected chi connectivity index (χ3v) is 4.88. The molecule has 0 N–H and O–H groups in total. The van der Waals surface area contributed by atoms with Gasteiger partial charge in [-0.1, -0.05) is 24.6 Å². The van der Waals surface area contributed by atoms with Crippen molar-refractivity contribution in [2.24, 2.45) is 4.99 Å². The number of thiazole rings is 1. The average Bonchev–Trinajstić information content (AvgIpc) is 2.89. The molecular weight excluding hydrogens is 302 g/mol. The number of hydrogen-bond acceptors (Lipinski definition) is 4. The highest BCUT2D eigenvalue weighted by Gasteiger charge is 2.14. The zero-order valence-corrected chi connectivity index (χ0v) is 13.6. The molecule has 1 aliphatic rings. The fourth-order valence-corrected chi connectivity index (χ4v) is 3.40. The third kappa shape index (κ3) is 3.01. The van der Waals surface area contributed by atoms with Crippen LogP contribution in [0.5, 0.6) is 0 Å². The van der Waals surface area contributed by atoms with Gasteiger partial charge in [-0.3, -0.25) is 4.99 Å². The van der Waals surface area contributed by atoms with Crippen molar-refractivity contribution in [3.63, 3.8) is 0 Å². The molecule has 2 heterocycles. The smallest absolute Gasteiger partial charge is 0.115 e. The first-order chi connectivity index (χ1) is 10.2. The Hall–Kier alpha value is -1.65. The Morgan fingerprint density at radius 1 is 1.38 bits per heavy atom. The van der Waals surface area contributed by atoms with Crippen molar-refractivity contribution < 1.29 is 0 Å². The van der Waals surface area contributed by atoms with Crippen LogP contribution in [-0.2, 0) is 6.42 Å². The molecule has 3 rings (SSSR count). The van der Waals surface area contributed by atoms with Gasteiger partial charge in [0, 0.05) is 16.9 Å². The van der Waals surface area contributed by atoms with E-state index in [2.05, 4.69) is 28.0 Å². The van der Waals surface area contributed by atoms with E-state index in [0.29, 0.717) is 6.67 Å². The highest BCUT2D eigenvalue weighted by atomic mass is 35.5. The molecule has 0 radical (unpaired) electrons. The molecule has 2 aromatic rings. The fraction of sp³-hybridized carbons (Fsp3) is 0.250. The number of aromatic nitrogens is 1. The highest BCUT2D eigenvalue weighted by molar-refractivity contribution is 7.14. The number of aliphatic imine (C=N–C) groups is 1. The van der Waals surface area contributed by atoms with E-state index in [1.54, 1.807) is 11.3 Å². The summed E-state index contributed by atoms with van der Waals surface area (Å²) in [5.41, 5.74) is 3.14. The molecule has 5 heteroatoms. The maximum absolute atomic E-state index is 6.03. The Bertz CT molecular complexity index is 718. The molecule has 0 saturated carbocycles. The van der Waals surface area contributed by atoms with Crippen LogP contribution in [0, 0.1) is 6.92 Å². The molecule has 0 spiro atoms. The molecule has 0 bridgehead atoms. The zero-order valence-electron chi connectivity index (χ0n) is 12.0. The zero-order chi connectivity index (χ0) is 14.8. The van der Waals surface area contributed by atoms with Crippen LogP contribution in [0.25, 0.3) is 0 Å². The van der Waals surface area contributed by atoms with E-state index >= 15 is 0 Å². The van der Waals surface area contributed by atoms with Crippen LogP contribution in [-0.4, -0.2) is 17.4 Å². The quantitative estimate of drug-likeness (QED) is 0.836. The van der Waals surface area contributed by atoms with Gasteiger partial charge in [-0.15, -0.1) is 11.3 Å². The van der Waals surface area contributed by atoms with Crippen LogP contribution >= 0.6 is 22.9 Å². The molecule has 1 aromatic heterocycles. The van der Waals surface area contributed by atoms with Crippen molar-refractivity contribution in [3.8, 4) is 0 Å². The van der Waals surface area contributed by atoms with Crippen molar-refractivity contribution in [2.75, 3.05) is 11.6 Å². The Morgan fingerprint density at radius 3 is 2.86 bits per heavy atom. The van der Waals surface area contributed by atoms with Gasteiger partial charge in [-0.05, 0) is 37.6 Å². The second-order valence-electron chi connectivity index (χ2n) is 4.83. The van der Waals surface area contributed by atoms with Crippen molar-refractivity contribution in [3.05, 3.63) is 57.1 Å². The molecule has 3 nitrogen and oxygen atoms in total. The van der Waals surface area contributed by atoms with Crippen LogP contribution in [0.2, 0.25) is 5.02 Å². The van der Waals surface area contributed by atoms with E-state index in [-0.39, 0.29) is 0 Å². The molecular formula is C16H16ClN3S. The lowest BCUT2D eigenvalue weighted by atomic mass is 10.2. The van der Waals surface area contributed by atoms with Crippen LogP contribution in [0.3, 0.4) is 0 Å². The van der Waals surface area contributed by atoms with Crippen LogP contribution in [0.15, 0.2) is 41.5 Å². The summed E-state index contributed by atoms with van der Waals surface area (Å²) in [7, 11) is 0. The van der Waals surface area contributed by atoms with Gasteiger partial charge < -0.3 is 4.90 Å². The van der Waals surface area contributed by atoms with Gasteiger partial charge in [0.1, 0.15) is 6.67 Å². The van der Waals surface area contributed by atoms with Crippen LogP contribution < -0.4 is 4.90 Å². The third-order valence-electron chi connectivity index (χ3n) is 3.32. The van der Waals surface area contributed by atoms with E-state index < -0.39 is 0 Å². The van der Waals surface area contributed by atoms with E-state index in [1.807, 2.05) is 37.3 Å². The summed E-state index contributed by atoms with van der Waals surface area (Å²) < 4.78 is 0. The number of allylic oxidation sites excluding steroid dienone is 1. The predicted molar refractivity (Wildman–Crippen MR) is 90.7 cm³/mol. The second kappa shape index (κ2) is 6.00. The average molecular weight is 318 g/mol. The summed E-state index contributed by atoms with van der Waals surface area (Å²) in [6, 6.07) is 7.80. The molecule has 0 amide bonds. The van der Waals surface area contributed by atoms with Crippen LogP contribution in [0.1, 0.15) is 22.5 Å². The number of nitrogens with zero attached hydrogens (tertiary/aromatic N) is 3. The molecule has 0 atom stereocenters. The van der Waals surface area contributed by atoms with Crippen molar-refractivity contribution in [2.45, 2.75) is 20.3 Å². The Balaban J connectivity index is 1.81. The highest BCUT2D eigenvalue weighted by Crippen LogP contribution is 2.24. The van der Waals surface area contributed by atoms with E-state index in [9.17, 15) is 0 Å². The van der Waals surface area contributed by atoms with Gasteiger partial charge in [0.25, 0.3) is 0 Å². The largest absolute Gasteiger partial charge is 0.328 e. The Morgan fingerprint density at radius 2 is 2.24 bits per heavy atom. The molecule has 108 valence electrons. The van der Waals surface area contributed by atoms with Gasteiger partial charge in [-0.25, -0.2) is 4.98 Å². The summed E-state index contributed by atoms with van der Waals surface area (Å²) in [5.74, 6) is 0. The van der Waals surface area contributed by atoms with Gasteiger partial charge in [0.2, 0.25) is 0 Å². The normalized spacial score (nSPS) is 14.4. The lowest BCUT2D eigenvalue weighted by molar-refractivity contribution is 0.963. The first kappa shape index (κ1) is 14.3. The number of halogens is 1. The van der Waals surface area contributed by atoms with Crippen LogP contribution in [0.4, 0.5) is 5.69 Å². The minimum absolute atomic E-state index is 0.602. The fourth-order valence-electron chi connectivity index (χ4n) is 2.22. The van der Waals surface area contributed by atoms with Gasteiger partial charge in [0.05, 0.1) is 21.3 Å². The summed E-state index contributed by atoms with van der Waals surface area (Å²) in [6.07, 6.45) is 5.07. The number of rotatable bonds is 3. The Labute approximate surface area is 133 Å². The van der Waals surface area contributed by atoms with E-state index in [1.165, 1.54) is 4.88 Å². The second-order valence-corrected chi connectivity index (χ2v) is 6.35. The minimum Gasteiger partial charge on any atom is -0.328 e. The predicted octanol–water partition coefficient (Wildman–Crippen LogP) is 4.45. The topological polar surface area (TPSA) is 28.5 Å². The SMILES string of the molecule is CCc1nc(C)c(C2=NCN(c3cccc(Cl)c3)C=C2)s1. The molecule has 0 fully saturated rings. The van der Waals surface area contributed by atoms with Gasteiger partial charge in [0.15, 0.2) is 0 Å². The van der Waals surface area contributed by atoms with E-state index in [4.69, 9.17) is 11.6 Å². The summed E-state index contributed by atoms with van der Waals surface area (Å²) in [4.78, 5) is 12.5. The first-order valence-electron chi connectivity index (χ1n) is 6.89. The lowest BCUT2D eigenvalue weighted by Crippen LogP contribution is -2.21. The van der Waals surface area contributed by atoms with E-state index in [0.717, 1.165) is 33.5 Å². The maximum atomic E-state index is 6.03. The molecule has 21 heavy (non-hydrogen) atoms. The number of aryl methyl sites for hydroxylation is 2. The Kier molecular flexibility index (Phi) is 4.08. The van der Waals surface area contributed by atoms with Crippen molar-refractivity contribution in [1.82, 2.24) is 4.98 Å². The van der Waals surface area contributed by atoms with Crippen molar-refractivity contribution >= 4 is 34.3 Å². The maximum Gasteiger partial charge on any atom is 0.115 e. The standard InChI is InChI=1S/C16H16ClN3S/c1-3-15-19-11(2)16(21-15)14-7-8-20(10-18-14)13-6-4-5-12(17)9-13/h4-9H,3,10H2,1-2H3. The molecule has 0 saturated heterocycles. The lowest BCUT2D eigenvalue weighted by Gasteiger charge is -2.22. The molecule has 0 aliphatic carbocycles. The monoisotopic (exact) mass is 317 g/mol. The molecule has 1 aromatic carbocycles. The summed E-state index contributed by atoms with van der Waals surface area (Å²) >= 11 is 7.77. The number of benzene rings is 1. The number of anilines is 1. The number of hydrogen-bond donors (Lipinski definition) is 0. The minimum atomic E-state index is 0.602. The van der Waals surface area contributed by atoms with Gasteiger partial charge in [-0.2, -0.15) is 0 Å². The first-order valence-corrected chi connectivity index (χ1v) is 8.08.